The summed E-state index contributed by atoms with van der Waals surface area (Å²) in [4.78, 5) is 0. The van der Waals surface area contributed by atoms with Gasteiger partial charge in [-0.15, -0.1) is 0 Å². The van der Waals surface area contributed by atoms with Crippen molar-refractivity contribution >= 4 is 0 Å². The lowest BCUT2D eigenvalue weighted by atomic mass is 10.0. The fourth-order valence-corrected chi connectivity index (χ4v) is 1.80. The van der Waals surface area contributed by atoms with Crippen molar-refractivity contribution in [2.24, 2.45) is 17.1 Å². The van der Waals surface area contributed by atoms with Crippen LogP contribution in [0.25, 0.3) is 0 Å². The first-order chi connectivity index (χ1) is 6.22. The first kappa shape index (κ1) is 11.0. The SMILES string of the molecule is CCC1(CNCC(C)CCN)CC1. The van der Waals surface area contributed by atoms with Crippen LogP contribution in [-0.4, -0.2) is 19.6 Å². The van der Waals surface area contributed by atoms with Gasteiger partial charge in [-0.05, 0) is 50.1 Å². The molecule has 0 spiro atoms. The number of nitrogens with one attached hydrogen (secondary N) is 1. The molecule has 0 bridgehead atoms. The molecule has 0 aliphatic heterocycles. The second-order valence-corrected chi connectivity index (χ2v) is 4.67. The molecular weight excluding hydrogens is 160 g/mol. The number of hydrogen-bond donors (Lipinski definition) is 2. The topological polar surface area (TPSA) is 38.0 Å². The first-order valence-corrected chi connectivity index (χ1v) is 5.63. The van der Waals surface area contributed by atoms with Crippen molar-refractivity contribution < 1.29 is 0 Å². The molecule has 2 heteroatoms. The predicted molar refractivity (Wildman–Crippen MR) is 57.7 cm³/mol. The Bertz CT molecular complexity index is 141. The van der Waals surface area contributed by atoms with Crippen molar-refractivity contribution in [2.45, 2.75) is 39.5 Å². The van der Waals surface area contributed by atoms with Gasteiger partial charge in [0.05, 0.1) is 0 Å². The molecule has 1 saturated carbocycles. The van der Waals surface area contributed by atoms with Gasteiger partial charge < -0.3 is 11.1 Å². The normalized spacial score (nSPS) is 21.5. The quantitative estimate of drug-likeness (QED) is 0.632. The van der Waals surface area contributed by atoms with Gasteiger partial charge in [0.25, 0.3) is 0 Å². The molecule has 1 atom stereocenters. The van der Waals surface area contributed by atoms with Crippen LogP contribution in [0.5, 0.6) is 0 Å². The highest BCUT2D eigenvalue weighted by Crippen LogP contribution is 2.47. The molecule has 1 aliphatic rings. The highest BCUT2D eigenvalue weighted by molar-refractivity contribution is 4.93. The highest BCUT2D eigenvalue weighted by atomic mass is 14.9. The summed E-state index contributed by atoms with van der Waals surface area (Å²) in [6.45, 7) is 7.75. The molecule has 0 heterocycles. The molecule has 0 radical (unpaired) electrons. The molecule has 0 aromatic rings. The molecule has 1 fully saturated rings. The predicted octanol–water partition coefficient (Wildman–Crippen LogP) is 1.75. The third-order valence-corrected chi connectivity index (χ3v) is 3.36. The Morgan fingerprint density at radius 2 is 2.15 bits per heavy atom. The lowest BCUT2D eigenvalue weighted by Crippen LogP contribution is -2.28. The molecule has 0 amide bonds. The minimum atomic E-state index is 0.683. The van der Waals surface area contributed by atoms with E-state index < -0.39 is 0 Å². The third-order valence-electron chi connectivity index (χ3n) is 3.36. The second-order valence-electron chi connectivity index (χ2n) is 4.67. The van der Waals surface area contributed by atoms with Gasteiger partial charge >= 0.3 is 0 Å². The molecule has 2 nitrogen and oxygen atoms in total. The Balaban J connectivity index is 2.00. The van der Waals surface area contributed by atoms with Crippen molar-refractivity contribution in [3.8, 4) is 0 Å². The van der Waals surface area contributed by atoms with E-state index in [2.05, 4.69) is 19.2 Å². The van der Waals surface area contributed by atoms with E-state index in [0.717, 1.165) is 25.4 Å². The molecule has 78 valence electrons. The fourth-order valence-electron chi connectivity index (χ4n) is 1.80. The van der Waals surface area contributed by atoms with Gasteiger partial charge in [-0.2, -0.15) is 0 Å². The molecule has 1 rings (SSSR count). The van der Waals surface area contributed by atoms with Crippen LogP contribution < -0.4 is 11.1 Å². The van der Waals surface area contributed by atoms with Gasteiger partial charge in [-0.3, -0.25) is 0 Å². The molecule has 1 unspecified atom stereocenters. The average molecular weight is 184 g/mol. The Labute approximate surface area is 82.3 Å². The number of hydrogen-bond acceptors (Lipinski definition) is 2. The van der Waals surface area contributed by atoms with E-state index in [-0.39, 0.29) is 0 Å². The summed E-state index contributed by atoms with van der Waals surface area (Å²) in [7, 11) is 0. The Kier molecular flexibility index (Phi) is 4.20. The zero-order valence-electron chi connectivity index (χ0n) is 9.10. The van der Waals surface area contributed by atoms with E-state index >= 15 is 0 Å². The van der Waals surface area contributed by atoms with Crippen LogP contribution >= 0.6 is 0 Å². The van der Waals surface area contributed by atoms with E-state index in [1.165, 1.54) is 25.8 Å². The van der Waals surface area contributed by atoms with Crippen molar-refractivity contribution in [1.29, 1.82) is 0 Å². The maximum atomic E-state index is 5.50. The van der Waals surface area contributed by atoms with Crippen LogP contribution in [0.4, 0.5) is 0 Å². The van der Waals surface area contributed by atoms with Gasteiger partial charge in [0.1, 0.15) is 0 Å². The standard InChI is InChI=1S/C11H24N2/c1-3-11(5-6-11)9-13-8-10(2)4-7-12/h10,13H,3-9,12H2,1-2H3. The Morgan fingerprint density at radius 1 is 1.46 bits per heavy atom. The van der Waals surface area contributed by atoms with E-state index in [1.54, 1.807) is 0 Å². The lowest BCUT2D eigenvalue weighted by Gasteiger charge is -2.16. The highest BCUT2D eigenvalue weighted by Gasteiger charge is 2.39. The minimum absolute atomic E-state index is 0.683. The van der Waals surface area contributed by atoms with Crippen LogP contribution in [-0.2, 0) is 0 Å². The van der Waals surface area contributed by atoms with E-state index in [9.17, 15) is 0 Å². The largest absolute Gasteiger partial charge is 0.330 e. The van der Waals surface area contributed by atoms with Crippen LogP contribution in [0.2, 0.25) is 0 Å². The maximum absolute atomic E-state index is 5.50. The summed E-state index contributed by atoms with van der Waals surface area (Å²) in [5, 5.41) is 3.57. The molecule has 1 aliphatic carbocycles. The van der Waals surface area contributed by atoms with Crippen LogP contribution in [0.15, 0.2) is 0 Å². The Morgan fingerprint density at radius 3 is 2.62 bits per heavy atom. The van der Waals surface area contributed by atoms with Crippen molar-refractivity contribution in [1.82, 2.24) is 5.32 Å². The van der Waals surface area contributed by atoms with Gasteiger partial charge in [0.2, 0.25) is 0 Å². The zero-order valence-corrected chi connectivity index (χ0v) is 9.10. The summed E-state index contributed by atoms with van der Waals surface area (Å²) < 4.78 is 0. The van der Waals surface area contributed by atoms with Crippen LogP contribution in [0.3, 0.4) is 0 Å². The fraction of sp³-hybridized carbons (Fsp3) is 1.00. The molecular formula is C11H24N2. The molecule has 0 aromatic heterocycles. The van der Waals surface area contributed by atoms with Crippen LogP contribution in [0.1, 0.15) is 39.5 Å². The number of nitrogens with two attached hydrogens (primary N) is 1. The third kappa shape index (κ3) is 3.65. The van der Waals surface area contributed by atoms with Gasteiger partial charge in [0.15, 0.2) is 0 Å². The van der Waals surface area contributed by atoms with E-state index in [1.807, 2.05) is 0 Å². The van der Waals surface area contributed by atoms with Crippen molar-refractivity contribution in [3.63, 3.8) is 0 Å². The smallest absolute Gasteiger partial charge is 0.000782 e. The van der Waals surface area contributed by atoms with Gasteiger partial charge in [-0.25, -0.2) is 0 Å². The van der Waals surface area contributed by atoms with Crippen LogP contribution in [0, 0.1) is 11.3 Å². The molecule has 3 N–H and O–H groups in total. The van der Waals surface area contributed by atoms with E-state index in [0.29, 0.717) is 5.41 Å². The van der Waals surface area contributed by atoms with E-state index in [4.69, 9.17) is 5.73 Å². The minimum Gasteiger partial charge on any atom is -0.330 e. The average Bonchev–Trinajstić information content (AvgIpc) is 2.86. The molecule has 0 saturated heterocycles. The first-order valence-electron chi connectivity index (χ1n) is 5.63. The Hall–Kier alpha value is -0.0800. The second kappa shape index (κ2) is 4.97. The summed E-state index contributed by atoms with van der Waals surface area (Å²) in [6.07, 6.45) is 5.35. The molecule has 13 heavy (non-hydrogen) atoms. The summed E-state index contributed by atoms with van der Waals surface area (Å²) >= 11 is 0. The van der Waals surface area contributed by atoms with Crippen molar-refractivity contribution in [3.05, 3.63) is 0 Å². The summed E-state index contributed by atoms with van der Waals surface area (Å²) in [6, 6.07) is 0. The van der Waals surface area contributed by atoms with Gasteiger partial charge in [0, 0.05) is 6.54 Å². The number of rotatable bonds is 7. The maximum Gasteiger partial charge on any atom is 0.000782 e. The lowest BCUT2D eigenvalue weighted by molar-refractivity contribution is 0.407. The van der Waals surface area contributed by atoms with Crippen molar-refractivity contribution in [2.75, 3.05) is 19.6 Å². The molecule has 0 aromatic carbocycles. The monoisotopic (exact) mass is 184 g/mol. The zero-order chi connectivity index (χ0) is 9.73. The summed E-state index contributed by atoms with van der Waals surface area (Å²) in [5.74, 6) is 0.734. The van der Waals surface area contributed by atoms with Gasteiger partial charge in [-0.1, -0.05) is 13.8 Å². The summed E-state index contributed by atoms with van der Waals surface area (Å²) in [5.41, 5.74) is 6.18.